The Labute approximate surface area is 125 Å². The van der Waals surface area contributed by atoms with E-state index >= 15 is 0 Å². The molecule has 0 radical (unpaired) electrons. The first kappa shape index (κ1) is 15.2. The van der Waals surface area contributed by atoms with Crippen molar-refractivity contribution in [2.45, 2.75) is 26.2 Å². The van der Waals surface area contributed by atoms with Gasteiger partial charge >= 0.3 is 5.97 Å². The van der Waals surface area contributed by atoms with Crippen LogP contribution in [0.2, 0.25) is 0 Å². The van der Waals surface area contributed by atoms with E-state index in [9.17, 15) is 9.59 Å². The van der Waals surface area contributed by atoms with Crippen LogP contribution in [0.25, 0.3) is 0 Å². The number of carboxylic acid groups (broad SMARTS) is 1. The molecule has 0 aliphatic heterocycles. The molecule has 2 rings (SSSR count). The molecule has 0 spiro atoms. The summed E-state index contributed by atoms with van der Waals surface area (Å²) in [6.07, 6.45) is 2.76. The fraction of sp³-hybridized carbons (Fsp3) is 0.385. The maximum absolute atomic E-state index is 12.1. The lowest BCUT2D eigenvalue weighted by atomic mass is 10.2. The van der Waals surface area contributed by atoms with Crippen molar-refractivity contribution in [3.05, 3.63) is 28.5 Å². The molecular weight excluding hydrogens is 292 g/mol. The highest BCUT2D eigenvalue weighted by molar-refractivity contribution is 7.13. The summed E-state index contributed by atoms with van der Waals surface area (Å²) in [5, 5.41) is 17.7. The van der Waals surface area contributed by atoms with Crippen molar-refractivity contribution in [1.82, 2.24) is 14.8 Å². The number of hydrogen-bond donors (Lipinski definition) is 2. The fourth-order valence-corrected chi connectivity index (χ4v) is 2.53. The molecule has 0 aliphatic rings. The van der Waals surface area contributed by atoms with Gasteiger partial charge in [-0.25, -0.2) is 4.98 Å². The first-order chi connectivity index (χ1) is 9.97. The Morgan fingerprint density at radius 1 is 1.48 bits per heavy atom. The fourth-order valence-electron chi connectivity index (χ4n) is 1.79. The molecule has 0 fully saturated rings. The lowest BCUT2D eigenvalue weighted by Crippen LogP contribution is -2.12. The van der Waals surface area contributed by atoms with E-state index in [1.54, 1.807) is 11.7 Å². The lowest BCUT2D eigenvalue weighted by Gasteiger charge is -2.01. The van der Waals surface area contributed by atoms with Gasteiger partial charge in [0, 0.05) is 24.5 Å². The highest BCUT2D eigenvalue weighted by Crippen LogP contribution is 2.18. The van der Waals surface area contributed by atoms with E-state index < -0.39 is 5.97 Å². The van der Waals surface area contributed by atoms with Crippen LogP contribution in [0.15, 0.2) is 11.6 Å². The maximum Gasteiger partial charge on any atom is 0.303 e. The van der Waals surface area contributed by atoms with Crippen LogP contribution in [0.4, 0.5) is 5.13 Å². The molecule has 0 bridgehead atoms. The summed E-state index contributed by atoms with van der Waals surface area (Å²) in [7, 11) is 1.77. The number of carbonyl (C=O) groups is 2. The van der Waals surface area contributed by atoms with Crippen molar-refractivity contribution < 1.29 is 14.7 Å². The molecule has 8 heteroatoms. The predicted octanol–water partition coefficient (Wildman–Crippen LogP) is 1.84. The Bertz CT molecular complexity index is 662. The summed E-state index contributed by atoms with van der Waals surface area (Å²) in [5.41, 5.74) is 2.09. The van der Waals surface area contributed by atoms with Gasteiger partial charge in [-0.3, -0.25) is 19.6 Å². The second-order valence-corrected chi connectivity index (χ2v) is 5.47. The number of rotatable bonds is 6. The zero-order valence-electron chi connectivity index (χ0n) is 11.8. The molecule has 1 amide bonds. The molecule has 0 atom stereocenters. The average Bonchev–Trinajstić information content (AvgIpc) is 2.98. The molecule has 7 nitrogen and oxygen atoms in total. The number of amides is 1. The average molecular weight is 308 g/mol. The second-order valence-electron chi connectivity index (χ2n) is 4.61. The monoisotopic (exact) mass is 308 g/mol. The molecule has 0 unspecified atom stereocenters. The van der Waals surface area contributed by atoms with Crippen LogP contribution in [0.3, 0.4) is 0 Å². The second kappa shape index (κ2) is 6.49. The van der Waals surface area contributed by atoms with Crippen LogP contribution in [-0.4, -0.2) is 31.7 Å². The summed E-state index contributed by atoms with van der Waals surface area (Å²) in [4.78, 5) is 26.8. The van der Waals surface area contributed by atoms with Crippen LogP contribution in [0.1, 0.15) is 34.6 Å². The summed E-state index contributed by atoms with van der Waals surface area (Å²) < 4.78 is 1.63. The Kier molecular flexibility index (Phi) is 4.69. The standard InChI is InChI=1S/C13H16N4O3S/c1-8-10(6-14-17(8)2)12(20)16-13-15-9(7-21-13)4-3-5-11(18)19/h6-7H,3-5H2,1-2H3,(H,18,19)(H,15,16,20). The number of nitrogens with zero attached hydrogens (tertiary/aromatic N) is 3. The molecular formula is C13H16N4O3S. The van der Waals surface area contributed by atoms with Gasteiger partial charge in [-0.05, 0) is 19.8 Å². The number of anilines is 1. The molecule has 2 N–H and O–H groups in total. The van der Waals surface area contributed by atoms with E-state index in [-0.39, 0.29) is 12.3 Å². The van der Waals surface area contributed by atoms with E-state index in [0.717, 1.165) is 11.4 Å². The Hall–Kier alpha value is -2.22. The number of aromatic nitrogens is 3. The minimum absolute atomic E-state index is 0.119. The van der Waals surface area contributed by atoms with Crippen molar-refractivity contribution in [3.8, 4) is 0 Å². The van der Waals surface area contributed by atoms with E-state index in [2.05, 4.69) is 15.4 Å². The smallest absolute Gasteiger partial charge is 0.303 e. The summed E-state index contributed by atoms with van der Waals surface area (Å²) >= 11 is 1.33. The van der Waals surface area contributed by atoms with Crippen LogP contribution in [0.5, 0.6) is 0 Å². The van der Waals surface area contributed by atoms with Crippen molar-refractivity contribution in [2.24, 2.45) is 7.05 Å². The van der Waals surface area contributed by atoms with Gasteiger partial charge < -0.3 is 5.11 Å². The molecule has 0 saturated carbocycles. The van der Waals surface area contributed by atoms with Gasteiger partial charge in [0.25, 0.3) is 5.91 Å². The number of aryl methyl sites for hydroxylation is 2. The largest absolute Gasteiger partial charge is 0.481 e. The Morgan fingerprint density at radius 2 is 2.24 bits per heavy atom. The first-order valence-electron chi connectivity index (χ1n) is 6.43. The minimum Gasteiger partial charge on any atom is -0.481 e. The molecule has 0 aliphatic carbocycles. The van der Waals surface area contributed by atoms with Gasteiger partial charge in [0.15, 0.2) is 5.13 Å². The van der Waals surface area contributed by atoms with E-state index in [0.29, 0.717) is 23.5 Å². The van der Waals surface area contributed by atoms with Gasteiger partial charge in [0.1, 0.15) is 0 Å². The van der Waals surface area contributed by atoms with Crippen LogP contribution in [0, 0.1) is 6.92 Å². The van der Waals surface area contributed by atoms with Crippen LogP contribution < -0.4 is 5.32 Å². The molecule has 112 valence electrons. The van der Waals surface area contributed by atoms with Gasteiger partial charge in [0.05, 0.1) is 17.5 Å². The van der Waals surface area contributed by atoms with Gasteiger partial charge in [0.2, 0.25) is 0 Å². The third kappa shape index (κ3) is 3.88. The first-order valence-corrected chi connectivity index (χ1v) is 7.31. The number of carbonyl (C=O) groups excluding carboxylic acids is 1. The molecule has 0 saturated heterocycles. The number of thiazole rings is 1. The van der Waals surface area contributed by atoms with E-state index in [1.165, 1.54) is 17.5 Å². The van der Waals surface area contributed by atoms with Gasteiger partial charge in [-0.2, -0.15) is 5.10 Å². The Balaban J connectivity index is 1.94. The molecule has 2 aromatic heterocycles. The van der Waals surface area contributed by atoms with Crippen LogP contribution in [-0.2, 0) is 18.3 Å². The number of carboxylic acids is 1. The topological polar surface area (TPSA) is 97.1 Å². The van der Waals surface area contributed by atoms with E-state index in [1.807, 2.05) is 12.3 Å². The minimum atomic E-state index is -0.814. The number of nitrogens with one attached hydrogen (secondary N) is 1. The highest BCUT2D eigenvalue weighted by Gasteiger charge is 2.14. The summed E-state index contributed by atoms with van der Waals surface area (Å²) in [5.74, 6) is -1.06. The molecule has 0 aromatic carbocycles. The predicted molar refractivity (Wildman–Crippen MR) is 78.6 cm³/mol. The molecule has 2 aromatic rings. The van der Waals surface area contributed by atoms with Crippen molar-refractivity contribution in [1.29, 1.82) is 0 Å². The van der Waals surface area contributed by atoms with Crippen molar-refractivity contribution >= 4 is 28.3 Å². The zero-order valence-corrected chi connectivity index (χ0v) is 12.6. The third-order valence-electron chi connectivity index (χ3n) is 3.08. The van der Waals surface area contributed by atoms with Gasteiger partial charge in [-0.15, -0.1) is 11.3 Å². The maximum atomic E-state index is 12.1. The highest BCUT2D eigenvalue weighted by atomic mass is 32.1. The number of aliphatic carboxylic acids is 1. The van der Waals surface area contributed by atoms with Gasteiger partial charge in [-0.1, -0.05) is 0 Å². The van der Waals surface area contributed by atoms with E-state index in [4.69, 9.17) is 5.11 Å². The quantitative estimate of drug-likeness (QED) is 0.848. The SMILES string of the molecule is Cc1c(C(=O)Nc2nc(CCCC(=O)O)cs2)cnn1C. The molecule has 21 heavy (non-hydrogen) atoms. The summed E-state index contributed by atoms with van der Waals surface area (Å²) in [6.45, 7) is 1.82. The normalized spacial score (nSPS) is 10.6. The Morgan fingerprint density at radius 3 is 2.86 bits per heavy atom. The van der Waals surface area contributed by atoms with Crippen molar-refractivity contribution in [2.75, 3.05) is 5.32 Å². The lowest BCUT2D eigenvalue weighted by molar-refractivity contribution is -0.137. The molecule has 2 heterocycles. The van der Waals surface area contributed by atoms with Crippen molar-refractivity contribution in [3.63, 3.8) is 0 Å². The number of hydrogen-bond acceptors (Lipinski definition) is 5. The van der Waals surface area contributed by atoms with Crippen LogP contribution >= 0.6 is 11.3 Å². The zero-order chi connectivity index (χ0) is 15.4. The third-order valence-corrected chi connectivity index (χ3v) is 3.88. The summed E-state index contributed by atoms with van der Waals surface area (Å²) in [6, 6.07) is 0.